The smallest absolute Gasteiger partial charge is 0.307 e. The Labute approximate surface area is 115 Å². The molecule has 2 N–H and O–H groups in total. The van der Waals surface area contributed by atoms with Crippen LogP contribution < -0.4 is 10.5 Å². The number of nitro groups is 1. The number of nitrogens with two attached hydrogens (primary N) is 1. The lowest BCUT2D eigenvalue weighted by molar-refractivity contribution is -0.387. The number of nitrogen functional groups attached to an aromatic ring is 1. The summed E-state index contributed by atoms with van der Waals surface area (Å²) in [7, 11) is 0. The Morgan fingerprint density at radius 1 is 1.35 bits per heavy atom. The third-order valence-corrected chi connectivity index (χ3v) is 2.39. The third-order valence-electron chi connectivity index (χ3n) is 2.14. The Morgan fingerprint density at radius 3 is 2.70 bits per heavy atom. The van der Waals surface area contributed by atoms with E-state index in [-0.39, 0.29) is 16.9 Å². The van der Waals surface area contributed by atoms with Gasteiger partial charge < -0.3 is 10.5 Å². The second kappa shape index (κ2) is 5.21. The van der Waals surface area contributed by atoms with Crippen molar-refractivity contribution in [2.45, 2.75) is 0 Å². The molecule has 7 nitrogen and oxygen atoms in total. The second-order valence-corrected chi connectivity index (χ2v) is 3.88. The standard InChI is InChI=1S/C10H5ClF2N4O3/c11-4-3-15-10(14)16-9(4)20-8-2-5(12)7(17(18)19)1-6(8)13/h1-3H,(H2,14,15,16). The molecule has 2 aromatic rings. The van der Waals surface area contributed by atoms with Gasteiger partial charge in [-0.1, -0.05) is 11.6 Å². The van der Waals surface area contributed by atoms with Crippen molar-refractivity contribution in [3.63, 3.8) is 0 Å². The molecular weight excluding hydrogens is 298 g/mol. The summed E-state index contributed by atoms with van der Waals surface area (Å²) in [6.07, 6.45) is 1.11. The van der Waals surface area contributed by atoms with E-state index < -0.39 is 28.0 Å². The number of halogens is 3. The van der Waals surface area contributed by atoms with Crippen LogP contribution in [-0.2, 0) is 0 Å². The van der Waals surface area contributed by atoms with E-state index in [4.69, 9.17) is 22.1 Å². The molecule has 2 rings (SSSR count). The summed E-state index contributed by atoms with van der Waals surface area (Å²) in [5.41, 5.74) is 4.28. The van der Waals surface area contributed by atoms with Gasteiger partial charge in [0.05, 0.1) is 17.2 Å². The molecule has 0 aliphatic heterocycles. The van der Waals surface area contributed by atoms with Crippen LogP contribution in [0.5, 0.6) is 11.6 Å². The van der Waals surface area contributed by atoms with Gasteiger partial charge in [-0.25, -0.2) is 9.37 Å². The van der Waals surface area contributed by atoms with Crippen molar-refractivity contribution in [2.24, 2.45) is 0 Å². The van der Waals surface area contributed by atoms with Crippen molar-refractivity contribution in [1.82, 2.24) is 9.97 Å². The molecule has 0 amide bonds. The van der Waals surface area contributed by atoms with Crippen LogP contribution >= 0.6 is 11.6 Å². The zero-order valence-electron chi connectivity index (χ0n) is 9.51. The fourth-order valence-corrected chi connectivity index (χ4v) is 1.41. The minimum atomic E-state index is -1.26. The lowest BCUT2D eigenvalue weighted by atomic mass is 10.3. The highest BCUT2D eigenvalue weighted by atomic mass is 35.5. The molecular formula is C10H5ClF2N4O3. The molecule has 0 saturated carbocycles. The fourth-order valence-electron chi connectivity index (χ4n) is 1.28. The predicted molar refractivity (Wildman–Crippen MR) is 64.5 cm³/mol. The molecule has 0 atom stereocenters. The number of ether oxygens (including phenoxy) is 1. The average Bonchev–Trinajstić information content (AvgIpc) is 2.37. The van der Waals surface area contributed by atoms with Crippen LogP contribution in [0, 0.1) is 21.7 Å². The first-order valence-corrected chi connectivity index (χ1v) is 5.35. The minimum Gasteiger partial charge on any atom is -0.434 e. The first-order chi connectivity index (χ1) is 9.38. The zero-order valence-corrected chi connectivity index (χ0v) is 10.3. The topological polar surface area (TPSA) is 104 Å². The summed E-state index contributed by atoms with van der Waals surface area (Å²) in [4.78, 5) is 16.5. The van der Waals surface area contributed by atoms with E-state index >= 15 is 0 Å². The van der Waals surface area contributed by atoms with Gasteiger partial charge in [0.1, 0.15) is 5.02 Å². The largest absolute Gasteiger partial charge is 0.434 e. The van der Waals surface area contributed by atoms with Gasteiger partial charge in [0.2, 0.25) is 17.6 Å². The normalized spacial score (nSPS) is 10.3. The fraction of sp³-hybridized carbons (Fsp3) is 0. The van der Waals surface area contributed by atoms with E-state index in [1.165, 1.54) is 0 Å². The Morgan fingerprint density at radius 2 is 2.05 bits per heavy atom. The van der Waals surface area contributed by atoms with Gasteiger partial charge in [0, 0.05) is 6.07 Å². The SMILES string of the molecule is Nc1ncc(Cl)c(Oc2cc(F)c([N+](=O)[O-])cc2F)n1. The van der Waals surface area contributed by atoms with Crippen molar-refractivity contribution >= 4 is 23.2 Å². The highest BCUT2D eigenvalue weighted by Gasteiger charge is 2.20. The van der Waals surface area contributed by atoms with Crippen LogP contribution in [0.4, 0.5) is 20.4 Å². The minimum absolute atomic E-state index is 0.0858. The van der Waals surface area contributed by atoms with E-state index in [2.05, 4.69) is 9.97 Å². The summed E-state index contributed by atoms with van der Waals surface area (Å²) in [5, 5.41) is 10.4. The molecule has 1 aromatic heterocycles. The molecule has 0 saturated heterocycles. The van der Waals surface area contributed by atoms with Gasteiger partial charge in [0.25, 0.3) is 0 Å². The Bertz CT molecular complexity index is 698. The quantitative estimate of drug-likeness (QED) is 0.690. The molecule has 10 heteroatoms. The maximum absolute atomic E-state index is 13.6. The number of hydrogen-bond donors (Lipinski definition) is 1. The molecule has 0 fully saturated rings. The predicted octanol–water partition coefficient (Wildman–Crippen LogP) is 2.69. The summed E-state index contributed by atoms with van der Waals surface area (Å²) in [6.45, 7) is 0. The van der Waals surface area contributed by atoms with Crippen LogP contribution in [0.25, 0.3) is 0 Å². The van der Waals surface area contributed by atoms with Crippen LogP contribution in [0.3, 0.4) is 0 Å². The second-order valence-electron chi connectivity index (χ2n) is 3.47. The van der Waals surface area contributed by atoms with Gasteiger partial charge in [-0.3, -0.25) is 10.1 Å². The number of nitro benzene ring substituents is 1. The van der Waals surface area contributed by atoms with E-state index in [1.807, 2.05) is 0 Å². The van der Waals surface area contributed by atoms with Gasteiger partial charge in [0.15, 0.2) is 11.6 Å². The van der Waals surface area contributed by atoms with Gasteiger partial charge in [-0.15, -0.1) is 0 Å². The molecule has 0 aliphatic carbocycles. The summed E-state index contributed by atoms with van der Waals surface area (Å²) in [5.74, 6) is -3.51. The number of nitrogens with zero attached hydrogens (tertiary/aromatic N) is 3. The first kappa shape index (κ1) is 13.9. The molecule has 20 heavy (non-hydrogen) atoms. The molecule has 1 heterocycles. The van der Waals surface area contributed by atoms with E-state index in [1.54, 1.807) is 0 Å². The maximum Gasteiger partial charge on any atom is 0.307 e. The molecule has 0 aliphatic rings. The van der Waals surface area contributed by atoms with E-state index in [0.717, 1.165) is 6.20 Å². The van der Waals surface area contributed by atoms with E-state index in [9.17, 15) is 18.9 Å². The van der Waals surface area contributed by atoms with E-state index in [0.29, 0.717) is 12.1 Å². The monoisotopic (exact) mass is 302 g/mol. The molecule has 104 valence electrons. The van der Waals surface area contributed by atoms with Crippen LogP contribution in [-0.4, -0.2) is 14.9 Å². The molecule has 0 spiro atoms. The highest BCUT2D eigenvalue weighted by Crippen LogP contribution is 2.32. The Hall–Kier alpha value is -2.55. The van der Waals surface area contributed by atoms with Crippen LogP contribution in [0.2, 0.25) is 5.02 Å². The summed E-state index contributed by atoms with van der Waals surface area (Å²) < 4.78 is 31.9. The number of anilines is 1. The molecule has 1 aromatic carbocycles. The van der Waals surface area contributed by atoms with Crippen molar-refractivity contribution in [3.05, 3.63) is 45.1 Å². The van der Waals surface area contributed by atoms with Crippen LogP contribution in [0.15, 0.2) is 18.3 Å². The zero-order chi connectivity index (χ0) is 14.9. The molecule has 0 unspecified atom stereocenters. The van der Waals surface area contributed by atoms with Crippen molar-refractivity contribution in [3.8, 4) is 11.6 Å². The lowest BCUT2D eigenvalue weighted by Gasteiger charge is -2.07. The van der Waals surface area contributed by atoms with Gasteiger partial charge in [-0.05, 0) is 0 Å². The highest BCUT2D eigenvalue weighted by molar-refractivity contribution is 6.31. The number of benzene rings is 1. The maximum atomic E-state index is 13.6. The molecule has 0 bridgehead atoms. The first-order valence-electron chi connectivity index (χ1n) is 4.98. The third kappa shape index (κ3) is 2.72. The average molecular weight is 303 g/mol. The van der Waals surface area contributed by atoms with Crippen molar-refractivity contribution < 1.29 is 18.4 Å². The van der Waals surface area contributed by atoms with Crippen molar-refractivity contribution in [2.75, 3.05) is 5.73 Å². The summed E-state index contributed by atoms with van der Waals surface area (Å²) >= 11 is 5.69. The van der Waals surface area contributed by atoms with Gasteiger partial charge in [-0.2, -0.15) is 9.37 Å². The van der Waals surface area contributed by atoms with Crippen LogP contribution in [0.1, 0.15) is 0 Å². The molecule has 0 radical (unpaired) electrons. The summed E-state index contributed by atoms with van der Waals surface area (Å²) in [6, 6.07) is 0.908. The number of aromatic nitrogens is 2. The van der Waals surface area contributed by atoms with Crippen molar-refractivity contribution in [1.29, 1.82) is 0 Å². The van der Waals surface area contributed by atoms with Gasteiger partial charge >= 0.3 is 5.69 Å². The number of hydrogen-bond acceptors (Lipinski definition) is 6. The Kier molecular flexibility index (Phi) is 3.61. The lowest BCUT2D eigenvalue weighted by Crippen LogP contribution is -2.00. The Balaban J connectivity index is 2.42. The number of rotatable bonds is 3.